The molecule has 0 spiro atoms. The van der Waals surface area contributed by atoms with Crippen molar-refractivity contribution in [1.82, 2.24) is 29.3 Å². The fourth-order valence-corrected chi connectivity index (χ4v) is 10.1. The number of esters is 2. The Kier molecular flexibility index (Phi) is 52.4. The van der Waals surface area contributed by atoms with Gasteiger partial charge >= 0.3 is 139 Å². The van der Waals surface area contributed by atoms with E-state index in [9.17, 15) is 64.1 Å². The van der Waals surface area contributed by atoms with E-state index in [1.54, 1.807) is 84.0 Å². The summed E-state index contributed by atoms with van der Waals surface area (Å²) < 4.78 is 143. The summed E-state index contributed by atoms with van der Waals surface area (Å²) in [5.41, 5.74) is 0.956. The molecule has 0 fully saturated rings. The second-order valence-electron chi connectivity index (χ2n) is 21.7. The maximum atomic E-state index is 13.2. The van der Waals surface area contributed by atoms with E-state index in [0.717, 1.165) is 106 Å². The first-order chi connectivity index (χ1) is 48.4. The minimum absolute atomic E-state index is 0. The molecule has 0 saturated carbocycles. The van der Waals surface area contributed by atoms with Crippen LogP contribution < -0.4 is 118 Å². The Morgan fingerprint density at radius 3 is 1.17 bits per heavy atom. The minimum Gasteiger partial charge on any atom is -1.00 e. The predicted molar refractivity (Wildman–Crippen MR) is 400 cm³/mol. The number of hydrogen-bond acceptors (Lipinski definition) is 14. The van der Waals surface area contributed by atoms with Gasteiger partial charge in [-0.25, -0.2) is 9.59 Å². The molecule has 3 atom stereocenters. The van der Waals surface area contributed by atoms with Gasteiger partial charge in [0.2, 0.25) is 12.2 Å². The van der Waals surface area contributed by atoms with Crippen molar-refractivity contribution in [3.63, 3.8) is 0 Å². The number of ether oxygens (including phenoxy) is 4. The zero-order chi connectivity index (χ0) is 75.3. The van der Waals surface area contributed by atoms with E-state index in [1.165, 1.54) is 42.5 Å². The molecule has 590 valence electrons. The van der Waals surface area contributed by atoms with Crippen molar-refractivity contribution in [2.45, 2.75) is 165 Å². The molecule has 0 saturated heterocycles. The Morgan fingerprint density at radius 2 is 0.826 bits per heavy atom. The normalized spacial score (nSPS) is 11.3. The summed E-state index contributed by atoms with van der Waals surface area (Å²) in [4.78, 5) is 46.2. The second-order valence-corrected chi connectivity index (χ2v) is 23.9. The Morgan fingerprint density at radius 1 is 0.505 bits per heavy atom. The molecular formula is C76H91BrCl3F9K2N6O12. The molecule has 3 unspecified atom stereocenters. The Labute approximate surface area is 740 Å². The van der Waals surface area contributed by atoms with Crippen LogP contribution in [0.25, 0.3) is 33.8 Å². The van der Waals surface area contributed by atoms with Crippen molar-refractivity contribution >= 4 is 75.1 Å². The predicted octanol–water partition coefficient (Wildman–Crippen LogP) is 16.1. The number of phenolic OH excluding ortho intramolecular Hbond substituents is 1. The average molecular weight is 1720 g/mol. The number of unbranched alkanes of at least 4 members (excludes halogenated alkanes) is 3. The monoisotopic (exact) mass is 1710 g/mol. The maximum absolute atomic E-state index is 13.2. The number of aryl methyl sites for hydroxylation is 3. The number of rotatable bonds is 25. The average Bonchev–Trinajstić information content (AvgIpc) is 1.62. The van der Waals surface area contributed by atoms with Gasteiger partial charge in [-0.3, -0.25) is 23.6 Å². The molecule has 0 aliphatic rings. The molecule has 3 aromatic heterocycles. The van der Waals surface area contributed by atoms with E-state index in [-0.39, 0.29) is 195 Å². The van der Waals surface area contributed by atoms with Crippen LogP contribution in [0.1, 0.15) is 162 Å². The zero-order valence-electron chi connectivity index (χ0n) is 58.2. The number of carboxylic acids is 1. The third-order valence-electron chi connectivity index (χ3n) is 14.1. The van der Waals surface area contributed by atoms with Crippen molar-refractivity contribution in [2.24, 2.45) is 0 Å². The summed E-state index contributed by atoms with van der Waals surface area (Å²) in [7, 11) is 0. The summed E-state index contributed by atoms with van der Waals surface area (Å²) in [5.74, 6) is -2.23. The first kappa shape index (κ1) is 107. The minimum atomic E-state index is -4.60. The molecule has 0 aliphatic heterocycles. The quantitative estimate of drug-likeness (QED) is 0.0103. The van der Waals surface area contributed by atoms with E-state index in [0.29, 0.717) is 43.1 Å². The molecule has 0 radical (unpaired) electrons. The fourth-order valence-electron chi connectivity index (χ4n) is 9.14. The van der Waals surface area contributed by atoms with Crippen molar-refractivity contribution in [2.75, 3.05) is 13.2 Å². The molecule has 0 bridgehead atoms. The molecule has 6 aromatic carbocycles. The van der Waals surface area contributed by atoms with Crippen LogP contribution in [0.4, 0.5) is 39.5 Å². The smallest absolute Gasteiger partial charge is 1.00 e. The molecule has 33 heteroatoms. The van der Waals surface area contributed by atoms with Gasteiger partial charge < -0.3 is 40.7 Å². The molecule has 18 nitrogen and oxygen atoms in total. The molecule has 109 heavy (non-hydrogen) atoms. The van der Waals surface area contributed by atoms with Gasteiger partial charge in [-0.1, -0.05) is 170 Å². The van der Waals surface area contributed by atoms with Gasteiger partial charge in [0.1, 0.15) is 22.1 Å². The van der Waals surface area contributed by atoms with E-state index < -0.39 is 70.2 Å². The Bertz CT molecular complexity index is 4180. The van der Waals surface area contributed by atoms with Gasteiger partial charge in [0, 0.05) is 81.1 Å². The summed E-state index contributed by atoms with van der Waals surface area (Å²) in [5, 5.41) is 42.7. The van der Waals surface area contributed by atoms with E-state index >= 15 is 0 Å². The Hall–Kier alpha value is -5.82. The number of aromatic nitrogens is 6. The Balaban J connectivity index is -0.000000677. The van der Waals surface area contributed by atoms with Crippen LogP contribution in [0, 0.1) is 0 Å². The fraction of sp³-hybridized carbons (Fsp3) is 0.355. The number of aliphatic carboxylic acids is 1. The molecule has 0 amide bonds. The maximum Gasteiger partial charge on any atom is 1.00 e. The number of carbonyl (C=O) groups excluding carboxylic acids is 3. The number of halogens is 13. The summed E-state index contributed by atoms with van der Waals surface area (Å²) in [6, 6.07) is 32.8. The third kappa shape index (κ3) is 35.0. The summed E-state index contributed by atoms with van der Waals surface area (Å²) in [6.45, 7) is 11.9. The van der Waals surface area contributed by atoms with Crippen molar-refractivity contribution in [3.8, 4) is 51.0 Å². The number of hydrogen-bond donors (Lipinski definition) is 2. The van der Waals surface area contributed by atoms with Crippen LogP contribution in [0.2, 0.25) is 15.1 Å². The van der Waals surface area contributed by atoms with Gasteiger partial charge in [-0.05, 0) is 142 Å². The second kappa shape index (κ2) is 53.2. The molecular weight excluding hydrogens is 1620 g/mol. The van der Waals surface area contributed by atoms with E-state index in [1.807, 2.05) is 23.1 Å². The van der Waals surface area contributed by atoms with Crippen LogP contribution in [0.5, 0.6) is 17.2 Å². The topological polar surface area (TPSA) is 231 Å². The molecule has 2 N–H and O–H groups in total. The molecule has 9 rings (SSSR count). The zero-order valence-corrected chi connectivity index (χ0v) is 67.3. The summed E-state index contributed by atoms with van der Waals surface area (Å²) in [6.07, 6.45) is -4.96. The van der Waals surface area contributed by atoms with Crippen LogP contribution in [-0.2, 0) is 71.7 Å². The van der Waals surface area contributed by atoms with Gasteiger partial charge in [-0.2, -0.15) is 54.8 Å². The first-order valence-corrected chi connectivity index (χ1v) is 33.4. The van der Waals surface area contributed by atoms with Crippen molar-refractivity contribution < 1.29 is 202 Å². The van der Waals surface area contributed by atoms with Crippen LogP contribution in [-0.4, -0.2) is 77.1 Å². The molecule has 3 heterocycles. The molecule has 9 aromatic rings. The van der Waals surface area contributed by atoms with E-state index in [4.69, 9.17) is 63.8 Å². The van der Waals surface area contributed by atoms with Crippen molar-refractivity contribution in [3.05, 3.63) is 213 Å². The number of aromatic hydroxyl groups is 1. The SMILES string of the molecule is C.C.C.C.C.CCCCn1ccc(-c2cc(Cl)ccc2O)n1.CCCCn1ccc(-c2cc(Cl)ccc2OC(C(=O)O)c2cccc(C(F)(F)F)c2)n1.CCCCn1ccc(-c2cc(Cl)ccc2OC(C(=O)OCC)c2cccc(C(F)(F)F)c2)n1.CCOC(=O)C(Br)c1cccc(C(F)(F)F)c1.O=CO[O-].[H-].[K+].[K+]. The van der Waals surface area contributed by atoms with Gasteiger partial charge in [0.25, 0.3) is 6.47 Å². The summed E-state index contributed by atoms with van der Waals surface area (Å²) >= 11 is 21.2. The number of benzene rings is 6. The van der Waals surface area contributed by atoms with Crippen LogP contribution >= 0.6 is 50.7 Å². The number of alkyl halides is 10. The standard InChI is InChI=1S/C24H24ClF3N2O3.C22H20ClF3N2O3.C13H15ClN2O.C11H10BrF3O2.CH2O3.5CH4.2K.H/c1-3-5-12-30-13-11-20(29-30)19-15-18(25)9-10-21(19)33-22(23(31)32-4-2)16-7-6-8-17(14-16)24(26,27)28;1-2-3-10-28-11-9-18(27-28)17-13-16(23)7-8-19(17)31-20(21(29)30)14-5-4-6-15(12-14)22(24,25)26;1-2-3-7-16-8-6-12(15-16)11-9-10(14)4-5-13(11)17;1-2-17-10(16)9(12)7-4-3-5-8(6-7)11(13,14)15;2-1-4-3;;;;;;;;/h6-11,13-15,22H,3-5,12H2,1-2H3;4-9,11-13,20H,2-3,10H2,1H3,(H,29,30);4-6,8-9,17H,2-3,7H2,1H3;3-6,9H,2H2,1H3;1,3H;5*1H4;;;/q;;;;;;;;;;2*+1;-1/p-1. The number of nitrogens with zero attached hydrogens (tertiary/aromatic N) is 6. The first-order valence-electron chi connectivity index (χ1n) is 31.4. The largest absolute Gasteiger partial charge is 1.00 e. The van der Waals surface area contributed by atoms with Gasteiger partial charge in [0.05, 0.1) is 47.0 Å². The van der Waals surface area contributed by atoms with E-state index in [2.05, 4.69) is 56.9 Å². The number of phenols is 1. The van der Waals surface area contributed by atoms with Crippen LogP contribution in [0.3, 0.4) is 0 Å². The van der Waals surface area contributed by atoms with Crippen LogP contribution in [0.15, 0.2) is 164 Å². The van der Waals surface area contributed by atoms with Gasteiger partial charge in [-0.15, -0.1) is 0 Å². The number of carbonyl (C=O) groups is 4. The van der Waals surface area contributed by atoms with Crippen molar-refractivity contribution in [1.29, 1.82) is 0 Å². The molecule has 0 aliphatic carbocycles. The number of carboxylic acid groups (broad SMARTS) is 1. The third-order valence-corrected chi connectivity index (χ3v) is 15.7. The van der Waals surface area contributed by atoms with Gasteiger partial charge in [0.15, 0.2) is 0 Å².